The van der Waals surface area contributed by atoms with Gasteiger partial charge in [-0.1, -0.05) is 19.1 Å². The number of anilines is 1. The van der Waals surface area contributed by atoms with Crippen molar-refractivity contribution in [1.29, 1.82) is 0 Å². The number of ether oxygens (including phenoxy) is 1. The van der Waals surface area contributed by atoms with Gasteiger partial charge in [-0.2, -0.15) is 13.2 Å². The number of aromatic nitrogens is 2. The lowest BCUT2D eigenvalue weighted by molar-refractivity contribution is -0.270. The van der Waals surface area contributed by atoms with Gasteiger partial charge in [0.05, 0.1) is 18.7 Å². The molecule has 0 fully saturated rings. The smallest absolute Gasteiger partial charge is 0.425 e. The molecule has 0 bridgehead atoms. The summed E-state index contributed by atoms with van der Waals surface area (Å²) < 4.78 is 46.9. The van der Waals surface area contributed by atoms with Crippen LogP contribution in [-0.4, -0.2) is 33.3 Å². The zero-order valence-electron chi connectivity index (χ0n) is 14.4. The number of benzene rings is 1. The lowest BCUT2D eigenvalue weighted by Crippen LogP contribution is -2.46. The van der Waals surface area contributed by atoms with Gasteiger partial charge in [0.15, 0.2) is 5.82 Å². The second kappa shape index (κ2) is 7.77. The van der Waals surface area contributed by atoms with Gasteiger partial charge in [-0.25, -0.2) is 4.98 Å². The number of nitrogens with one attached hydrogen (secondary N) is 1. The Morgan fingerprint density at radius 1 is 1.35 bits per heavy atom. The molecule has 2 N–H and O–H groups in total. The third-order valence-electron chi connectivity index (χ3n) is 3.70. The molecule has 1 heterocycles. The van der Waals surface area contributed by atoms with E-state index in [4.69, 9.17) is 4.74 Å². The molecule has 2 aromatic rings. The SMILES string of the molecule is CCCOc1ccccc1NC(=O)CC(O)(c1nccn1C)C(F)(F)F. The Morgan fingerprint density at radius 3 is 2.62 bits per heavy atom. The molecule has 2 rings (SSSR count). The summed E-state index contributed by atoms with van der Waals surface area (Å²) in [6.07, 6.45) is -3.20. The zero-order valence-corrected chi connectivity index (χ0v) is 14.4. The highest BCUT2D eigenvalue weighted by Gasteiger charge is 2.58. The van der Waals surface area contributed by atoms with Crippen molar-refractivity contribution < 1.29 is 27.8 Å². The van der Waals surface area contributed by atoms with Gasteiger partial charge in [-0.05, 0) is 18.6 Å². The van der Waals surface area contributed by atoms with Crippen LogP contribution in [0, 0.1) is 0 Å². The first kappa shape index (κ1) is 19.8. The second-order valence-electron chi connectivity index (χ2n) is 5.79. The number of imidazole rings is 1. The number of aliphatic hydroxyl groups is 1. The van der Waals surface area contributed by atoms with Crippen LogP contribution in [0.5, 0.6) is 5.75 Å². The highest BCUT2D eigenvalue weighted by molar-refractivity contribution is 5.93. The topological polar surface area (TPSA) is 76.4 Å². The fourth-order valence-electron chi connectivity index (χ4n) is 2.40. The van der Waals surface area contributed by atoms with Gasteiger partial charge in [0.25, 0.3) is 0 Å². The number of hydrogen-bond donors (Lipinski definition) is 2. The first-order valence-electron chi connectivity index (χ1n) is 7.97. The van der Waals surface area contributed by atoms with Gasteiger partial charge < -0.3 is 19.7 Å². The highest BCUT2D eigenvalue weighted by atomic mass is 19.4. The molecule has 0 saturated heterocycles. The number of hydrogen-bond acceptors (Lipinski definition) is 4. The van der Waals surface area contributed by atoms with Gasteiger partial charge in [-0.3, -0.25) is 4.79 Å². The van der Waals surface area contributed by atoms with Crippen molar-refractivity contribution in [2.75, 3.05) is 11.9 Å². The van der Waals surface area contributed by atoms with Crippen LogP contribution in [0.1, 0.15) is 25.6 Å². The second-order valence-corrected chi connectivity index (χ2v) is 5.79. The lowest BCUT2D eigenvalue weighted by atomic mass is 9.97. The molecule has 0 aliphatic carbocycles. The van der Waals surface area contributed by atoms with Gasteiger partial charge in [-0.15, -0.1) is 0 Å². The maximum absolute atomic E-state index is 13.5. The maximum atomic E-state index is 13.5. The number of halogens is 3. The first-order valence-corrected chi connectivity index (χ1v) is 7.97. The van der Waals surface area contributed by atoms with Crippen LogP contribution in [0.2, 0.25) is 0 Å². The Balaban J connectivity index is 2.23. The Labute approximate surface area is 148 Å². The summed E-state index contributed by atoms with van der Waals surface area (Å²) in [5, 5.41) is 12.6. The van der Waals surface area contributed by atoms with Crippen molar-refractivity contribution in [1.82, 2.24) is 9.55 Å². The minimum absolute atomic E-state index is 0.232. The van der Waals surface area contributed by atoms with E-state index >= 15 is 0 Å². The van der Waals surface area contributed by atoms with Crippen molar-refractivity contribution in [3.05, 3.63) is 42.5 Å². The molecule has 1 atom stereocenters. The summed E-state index contributed by atoms with van der Waals surface area (Å²) in [7, 11) is 1.31. The molecule has 1 amide bonds. The highest BCUT2D eigenvalue weighted by Crippen LogP contribution is 2.41. The Hall–Kier alpha value is -2.55. The van der Waals surface area contributed by atoms with E-state index in [9.17, 15) is 23.1 Å². The first-order chi connectivity index (χ1) is 12.2. The number of carbonyl (C=O) groups excluding carboxylic acids is 1. The molecule has 0 aliphatic rings. The van der Waals surface area contributed by atoms with Crippen LogP contribution >= 0.6 is 0 Å². The van der Waals surface area contributed by atoms with E-state index in [0.29, 0.717) is 12.4 Å². The van der Waals surface area contributed by atoms with E-state index in [1.54, 1.807) is 18.2 Å². The van der Waals surface area contributed by atoms with Crippen LogP contribution in [0.3, 0.4) is 0 Å². The van der Waals surface area contributed by atoms with E-state index in [2.05, 4.69) is 10.3 Å². The molecule has 142 valence electrons. The minimum Gasteiger partial charge on any atom is -0.491 e. The summed E-state index contributed by atoms with van der Waals surface area (Å²) in [6.45, 7) is 2.30. The number of alkyl halides is 3. The summed E-state index contributed by atoms with van der Waals surface area (Å²) in [4.78, 5) is 15.8. The molecule has 1 aromatic carbocycles. The molecule has 1 unspecified atom stereocenters. The van der Waals surface area contributed by atoms with Crippen LogP contribution in [-0.2, 0) is 17.4 Å². The van der Waals surface area contributed by atoms with Gasteiger partial charge in [0, 0.05) is 19.4 Å². The average Bonchev–Trinajstić information content (AvgIpc) is 2.99. The number of carbonyl (C=O) groups is 1. The molecule has 26 heavy (non-hydrogen) atoms. The van der Waals surface area contributed by atoms with Crippen molar-refractivity contribution in [3.63, 3.8) is 0 Å². The maximum Gasteiger partial charge on any atom is 0.425 e. The molecule has 1 aromatic heterocycles. The van der Waals surface area contributed by atoms with E-state index < -0.39 is 29.9 Å². The summed E-state index contributed by atoms with van der Waals surface area (Å²) in [5.41, 5.74) is -3.18. The van der Waals surface area contributed by atoms with Crippen molar-refractivity contribution in [2.45, 2.75) is 31.5 Å². The molecular weight excluding hydrogens is 351 g/mol. The van der Waals surface area contributed by atoms with Crippen LogP contribution in [0.15, 0.2) is 36.7 Å². The number of para-hydroxylation sites is 2. The minimum atomic E-state index is -5.08. The lowest BCUT2D eigenvalue weighted by Gasteiger charge is -2.29. The number of nitrogens with zero attached hydrogens (tertiary/aromatic N) is 2. The Bertz CT molecular complexity index is 761. The molecule has 0 aliphatic heterocycles. The van der Waals surface area contributed by atoms with E-state index in [1.165, 1.54) is 19.3 Å². The van der Waals surface area contributed by atoms with Crippen LogP contribution in [0.25, 0.3) is 0 Å². The zero-order chi connectivity index (χ0) is 19.4. The summed E-state index contributed by atoms with van der Waals surface area (Å²) in [5.74, 6) is -1.33. The van der Waals surface area contributed by atoms with Gasteiger partial charge in [0.2, 0.25) is 11.5 Å². The largest absolute Gasteiger partial charge is 0.491 e. The number of amides is 1. The number of rotatable bonds is 7. The fourth-order valence-corrected chi connectivity index (χ4v) is 2.40. The summed E-state index contributed by atoms with van der Waals surface area (Å²) >= 11 is 0. The van der Waals surface area contributed by atoms with E-state index in [1.807, 2.05) is 6.92 Å². The Kier molecular flexibility index (Phi) is 5.91. The normalized spacial score (nSPS) is 13.9. The molecule has 0 saturated carbocycles. The van der Waals surface area contributed by atoms with Gasteiger partial charge in [0.1, 0.15) is 5.75 Å². The molecule has 0 radical (unpaired) electrons. The fraction of sp³-hybridized carbons (Fsp3) is 0.412. The standard InChI is InChI=1S/C17H20F3N3O3/c1-3-10-26-13-7-5-4-6-12(13)22-14(24)11-16(25,17(18,19)20)15-21-8-9-23(15)2/h4-9,25H,3,10-11H2,1-2H3,(H,22,24). The van der Waals surface area contributed by atoms with Crippen molar-refractivity contribution in [2.24, 2.45) is 7.05 Å². The molecular formula is C17H20F3N3O3. The van der Waals surface area contributed by atoms with Crippen LogP contribution in [0.4, 0.5) is 18.9 Å². The third-order valence-corrected chi connectivity index (χ3v) is 3.70. The Morgan fingerprint density at radius 2 is 2.04 bits per heavy atom. The average molecular weight is 371 g/mol. The monoisotopic (exact) mass is 371 g/mol. The van der Waals surface area contributed by atoms with Crippen molar-refractivity contribution in [3.8, 4) is 5.75 Å². The predicted octanol–water partition coefficient (Wildman–Crippen LogP) is 2.99. The molecule has 0 spiro atoms. The third kappa shape index (κ3) is 4.16. The molecule has 6 nitrogen and oxygen atoms in total. The number of aryl methyl sites for hydroxylation is 1. The van der Waals surface area contributed by atoms with Crippen LogP contribution < -0.4 is 10.1 Å². The van der Waals surface area contributed by atoms with Gasteiger partial charge >= 0.3 is 6.18 Å². The summed E-state index contributed by atoms with van der Waals surface area (Å²) in [6, 6.07) is 6.40. The predicted molar refractivity (Wildman–Crippen MR) is 88.6 cm³/mol. The van der Waals surface area contributed by atoms with E-state index in [0.717, 1.165) is 17.2 Å². The molecule has 9 heteroatoms. The quantitative estimate of drug-likeness (QED) is 0.785. The van der Waals surface area contributed by atoms with Crippen molar-refractivity contribution >= 4 is 11.6 Å². The van der Waals surface area contributed by atoms with E-state index in [-0.39, 0.29) is 5.69 Å².